The van der Waals surface area contributed by atoms with Crippen LogP contribution in [0.2, 0.25) is 0 Å². The van der Waals surface area contributed by atoms with Crippen molar-refractivity contribution in [1.82, 2.24) is 4.90 Å². The molecule has 13 heavy (non-hydrogen) atoms. The highest BCUT2D eigenvalue weighted by Gasteiger charge is 2.26. The van der Waals surface area contributed by atoms with Crippen LogP contribution in [0, 0.1) is 0 Å². The van der Waals surface area contributed by atoms with Crippen LogP contribution >= 0.6 is 0 Å². The topological polar surface area (TPSA) is 20.3 Å². The van der Waals surface area contributed by atoms with Crippen molar-refractivity contribution in [2.75, 3.05) is 13.6 Å². The lowest BCUT2D eigenvalue weighted by Gasteiger charge is -2.23. The Morgan fingerprint density at radius 2 is 2.23 bits per heavy atom. The molecule has 0 atom stereocenters. The van der Waals surface area contributed by atoms with Crippen LogP contribution in [0.4, 0.5) is 0 Å². The molecule has 2 heteroatoms. The third-order valence-corrected chi connectivity index (χ3v) is 2.59. The zero-order valence-corrected chi connectivity index (χ0v) is 7.55. The normalized spacial score (nSPS) is 21.2. The molecular weight excluding hydrogens is 162 g/mol. The van der Waals surface area contributed by atoms with Gasteiger partial charge in [0.05, 0.1) is 0 Å². The summed E-state index contributed by atoms with van der Waals surface area (Å²) >= 11 is 0. The zero-order chi connectivity index (χ0) is 8.72. The van der Waals surface area contributed by atoms with Crippen molar-refractivity contribution in [3.63, 3.8) is 0 Å². The first-order valence-corrected chi connectivity index (χ1v) is 4.33. The predicted octanol–water partition coefficient (Wildman–Crippen LogP) is 2.38. The van der Waals surface area contributed by atoms with Crippen LogP contribution in [-0.4, -0.2) is 24.4 Å². The summed E-state index contributed by atoms with van der Waals surface area (Å²) in [6, 6.07) is 0. The van der Waals surface area contributed by atoms with E-state index in [1.807, 2.05) is 11.9 Å². The Morgan fingerprint density at radius 3 is 2.92 bits per heavy atom. The third kappa shape index (κ3) is 1.53. The summed E-state index contributed by atoms with van der Waals surface area (Å²) in [6.07, 6.45) is 4.08. The smallest absolute Gasteiger partial charge is 0.250 e. The monoisotopic (exact) mass is 182 g/mol. The number of amides is 1. The lowest BCUT2D eigenvalue weighted by Crippen LogP contribution is -2.32. The number of hydrogen-bond donors (Lipinski definition) is 0. The molecule has 0 saturated carbocycles. The van der Waals surface area contributed by atoms with Gasteiger partial charge in [-0.1, -0.05) is 19.1 Å². The maximum Gasteiger partial charge on any atom is 0.250 e. The van der Waals surface area contributed by atoms with Gasteiger partial charge in [-0.2, -0.15) is 0 Å². The molecule has 0 aromatic rings. The van der Waals surface area contributed by atoms with E-state index in [1.54, 1.807) is 0 Å². The largest absolute Gasteiger partial charge is 0.342 e. The van der Waals surface area contributed by atoms with E-state index in [1.165, 1.54) is 11.1 Å². The minimum atomic E-state index is 0. The fourth-order valence-electron chi connectivity index (χ4n) is 1.88. The molecule has 2 aliphatic rings. The van der Waals surface area contributed by atoms with Gasteiger partial charge in [-0.15, -0.1) is 0 Å². The molecule has 0 unspecified atom stereocenters. The van der Waals surface area contributed by atoms with Gasteiger partial charge in [0, 0.05) is 20.6 Å². The van der Waals surface area contributed by atoms with E-state index in [2.05, 4.69) is 13.0 Å². The highest BCUT2D eigenvalue weighted by molar-refractivity contribution is 5.96. The van der Waals surface area contributed by atoms with Gasteiger partial charge in [0.2, 0.25) is 5.91 Å². The molecule has 1 amide bonds. The molecule has 0 aromatic carbocycles. The molecule has 0 aromatic heterocycles. The molecule has 74 valence electrons. The van der Waals surface area contributed by atoms with Crippen LogP contribution in [-0.2, 0) is 4.79 Å². The van der Waals surface area contributed by atoms with Gasteiger partial charge in [0.25, 0.3) is 0 Å². The fraction of sp³-hybridized carbons (Fsp3) is 0.545. The summed E-state index contributed by atoms with van der Waals surface area (Å²) in [4.78, 5) is 13.4. The summed E-state index contributed by atoms with van der Waals surface area (Å²) in [5.41, 5.74) is 3.63. The molecule has 1 aliphatic heterocycles. The number of rotatable bonds is 0. The van der Waals surface area contributed by atoms with Crippen LogP contribution in [0.25, 0.3) is 0 Å². The van der Waals surface area contributed by atoms with Crippen molar-refractivity contribution >= 4 is 5.91 Å². The van der Waals surface area contributed by atoms with Crippen molar-refractivity contribution < 1.29 is 6.22 Å². The number of hydrogen-bond acceptors (Lipinski definition) is 1. The first-order valence-electron chi connectivity index (χ1n) is 4.33. The highest BCUT2D eigenvalue weighted by Crippen LogP contribution is 2.31. The Morgan fingerprint density at radius 1 is 1.54 bits per heavy atom. The second-order valence-corrected chi connectivity index (χ2v) is 3.65. The number of nitrogens with zero attached hydrogens (tertiary/aromatic N) is 1. The minimum Gasteiger partial charge on any atom is -0.342 e. The van der Waals surface area contributed by atoms with Crippen molar-refractivity contribution in [2.24, 2.45) is 0 Å². The summed E-state index contributed by atoms with van der Waals surface area (Å²) in [5, 5.41) is 0. The third-order valence-electron chi connectivity index (χ3n) is 2.59. The highest BCUT2D eigenvalue weighted by atomic mass is 16.2. The van der Waals surface area contributed by atoms with E-state index in [4.69, 9.17) is 0 Å². The fourth-order valence-corrected chi connectivity index (χ4v) is 1.88. The molecular formula is C11H19NO. The van der Waals surface area contributed by atoms with Crippen LogP contribution in [0.15, 0.2) is 22.8 Å². The Labute approximate surface area is 81.4 Å². The second kappa shape index (κ2) is 3.36. The number of carbonyl (C=O) groups is 1. The van der Waals surface area contributed by atoms with Gasteiger partial charge in [0.15, 0.2) is 0 Å². The van der Waals surface area contributed by atoms with E-state index in [9.17, 15) is 4.79 Å². The van der Waals surface area contributed by atoms with Crippen LogP contribution in [0.1, 0.15) is 28.6 Å². The van der Waals surface area contributed by atoms with E-state index in [0.717, 1.165) is 25.0 Å². The van der Waals surface area contributed by atoms with Crippen LogP contribution < -0.4 is 0 Å². The average molecular weight is 182 g/mol. The van der Waals surface area contributed by atoms with Crippen molar-refractivity contribution in [3.05, 3.63) is 22.8 Å². The maximum atomic E-state index is 11.6. The Kier molecular flexibility index (Phi) is 2.60. The first-order chi connectivity index (χ1) is 5.68. The molecule has 0 saturated heterocycles. The molecule has 0 fully saturated rings. The molecule has 2 rings (SSSR count). The second-order valence-electron chi connectivity index (χ2n) is 3.65. The van der Waals surface area contributed by atoms with Crippen molar-refractivity contribution in [2.45, 2.75) is 27.2 Å². The quantitative estimate of drug-likeness (QED) is 0.563. The first kappa shape index (κ1) is 10.0. The van der Waals surface area contributed by atoms with Crippen LogP contribution in [0.3, 0.4) is 0 Å². The summed E-state index contributed by atoms with van der Waals surface area (Å²) in [6.45, 7) is 2.97. The average Bonchev–Trinajstić information content (AvgIpc) is 2.39. The molecule has 2 nitrogen and oxygen atoms in total. The van der Waals surface area contributed by atoms with E-state index < -0.39 is 0 Å². The van der Waals surface area contributed by atoms with Gasteiger partial charge in [-0.25, -0.2) is 0 Å². The molecule has 0 bridgehead atoms. The predicted molar refractivity (Wildman–Crippen MR) is 56.5 cm³/mol. The van der Waals surface area contributed by atoms with Crippen molar-refractivity contribution in [3.8, 4) is 0 Å². The summed E-state index contributed by atoms with van der Waals surface area (Å²) < 4.78 is 0. The molecule has 1 aliphatic carbocycles. The lowest BCUT2D eigenvalue weighted by molar-refractivity contribution is -0.126. The molecule has 1 heterocycles. The minimum absolute atomic E-state index is 0. The van der Waals surface area contributed by atoms with Gasteiger partial charge in [-0.05, 0) is 25.3 Å². The molecule has 0 N–H and O–H groups in total. The Hall–Kier alpha value is -1.05. The SMILES string of the molecule is C.CC1=CC2=C(C1)C(=O)N(C)CC2.[2HH]. The van der Waals surface area contributed by atoms with Gasteiger partial charge >= 0.3 is 0 Å². The van der Waals surface area contributed by atoms with E-state index >= 15 is 0 Å². The molecule has 0 spiro atoms. The maximum absolute atomic E-state index is 11.6. The van der Waals surface area contributed by atoms with Crippen molar-refractivity contribution in [1.29, 1.82) is 0 Å². The van der Waals surface area contributed by atoms with Crippen LogP contribution in [0.5, 0.6) is 0 Å². The van der Waals surface area contributed by atoms with E-state index in [0.29, 0.717) is 0 Å². The summed E-state index contributed by atoms with van der Waals surface area (Å²) in [7, 11) is 1.87. The Balaban J connectivity index is 0.000000845. The number of carbonyl (C=O) groups excluding carboxylic acids is 1. The standard InChI is InChI=1S/C10H13NO.CH4.H2/c1-7-5-8-3-4-11(2)10(12)9(8)6-7;;/h5H,3-4,6H2,1-2H3;1H4;1H/i;;1+1. The molecule has 0 radical (unpaired) electrons. The van der Waals surface area contributed by atoms with Gasteiger partial charge in [0.1, 0.15) is 0 Å². The van der Waals surface area contributed by atoms with E-state index in [-0.39, 0.29) is 14.8 Å². The lowest BCUT2D eigenvalue weighted by atomic mass is 10.0. The Bertz CT molecular complexity index is 304. The summed E-state index contributed by atoms with van der Waals surface area (Å²) in [5.74, 6) is 0.226. The number of likely N-dealkylation sites (N-methyl/N-ethyl adjacent to an activating group) is 1. The van der Waals surface area contributed by atoms with Gasteiger partial charge < -0.3 is 4.90 Å². The zero-order valence-electron chi connectivity index (χ0n) is 7.55. The number of allylic oxidation sites excluding steroid dienone is 2. The van der Waals surface area contributed by atoms with Gasteiger partial charge in [-0.3, -0.25) is 4.79 Å².